The fourth-order valence-corrected chi connectivity index (χ4v) is 2.80. The van der Waals surface area contributed by atoms with E-state index in [0.717, 1.165) is 0 Å². The van der Waals surface area contributed by atoms with Crippen molar-refractivity contribution in [1.29, 1.82) is 0 Å². The minimum atomic E-state index is -3.59. The maximum atomic E-state index is 12.3. The molecule has 0 aliphatic heterocycles. The van der Waals surface area contributed by atoms with Crippen LogP contribution in [0.5, 0.6) is 0 Å². The van der Waals surface area contributed by atoms with Crippen molar-refractivity contribution in [3.8, 4) is 0 Å². The van der Waals surface area contributed by atoms with E-state index in [-0.39, 0.29) is 35.7 Å². The van der Waals surface area contributed by atoms with E-state index in [2.05, 4.69) is 16.6 Å². The third-order valence-electron chi connectivity index (χ3n) is 3.94. The van der Waals surface area contributed by atoms with Gasteiger partial charge in [0.2, 0.25) is 10.0 Å². The summed E-state index contributed by atoms with van der Waals surface area (Å²) in [5.74, 6) is -0.117. The van der Waals surface area contributed by atoms with Crippen LogP contribution >= 0.6 is 12.4 Å². The molecular formula is C16H26ClN3O3S. The zero-order valence-corrected chi connectivity index (χ0v) is 15.8. The molecule has 1 aromatic carbocycles. The van der Waals surface area contributed by atoms with Gasteiger partial charge < -0.3 is 11.1 Å². The van der Waals surface area contributed by atoms with Crippen LogP contribution in [0.4, 0.5) is 0 Å². The first-order valence-corrected chi connectivity index (χ1v) is 8.88. The summed E-state index contributed by atoms with van der Waals surface area (Å²) in [6.07, 6.45) is 1.46. The van der Waals surface area contributed by atoms with Crippen molar-refractivity contribution < 1.29 is 13.2 Å². The summed E-state index contributed by atoms with van der Waals surface area (Å²) in [5, 5.41) is 2.91. The van der Waals surface area contributed by atoms with Crippen LogP contribution in [0.15, 0.2) is 41.8 Å². The summed E-state index contributed by atoms with van der Waals surface area (Å²) in [4.78, 5) is 12.4. The Hall–Kier alpha value is -1.41. The summed E-state index contributed by atoms with van der Waals surface area (Å²) in [5.41, 5.74) is 5.61. The molecule has 0 bridgehead atoms. The molecule has 1 aromatic rings. The molecule has 0 heterocycles. The van der Waals surface area contributed by atoms with Gasteiger partial charge in [0, 0.05) is 18.7 Å². The second-order valence-electron chi connectivity index (χ2n) is 5.90. The number of benzene rings is 1. The number of sulfonamides is 1. The zero-order valence-electron chi connectivity index (χ0n) is 14.2. The number of hydrogen-bond donors (Lipinski definition) is 3. The Morgan fingerprint density at radius 1 is 1.33 bits per heavy atom. The lowest BCUT2D eigenvalue weighted by atomic mass is 9.88. The van der Waals surface area contributed by atoms with Gasteiger partial charge in [0.05, 0.1) is 10.4 Å². The third kappa shape index (κ3) is 5.59. The van der Waals surface area contributed by atoms with Gasteiger partial charge in [-0.15, -0.1) is 19.0 Å². The van der Waals surface area contributed by atoms with Crippen LogP contribution in [-0.2, 0) is 10.0 Å². The quantitative estimate of drug-likeness (QED) is 0.601. The number of hydrogen-bond acceptors (Lipinski definition) is 4. The van der Waals surface area contributed by atoms with Gasteiger partial charge >= 0.3 is 0 Å². The Bertz CT molecular complexity index is 660. The molecule has 0 saturated carbocycles. The van der Waals surface area contributed by atoms with Crippen LogP contribution in [0.25, 0.3) is 0 Å². The summed E-state index contributed by atoms with van der Waals surface area (Å²) in [6.45, 7) is 9.76. The third-order valence-corrected chi connectivity index (χ3v) is 5.38. The van der Waals surface area contributed by atoms with E-state index < -0.39 is 15.6 Å². The Labute approximate surface area is 150 Å². The molecule has 6 nitrogen and oxygen atoms in total. The lowest BCUT2D eigenvalue weighted by Gasteiger charge is -2.33. The monoisotopic (exact) mass is 375 g/mol. The molecule has 4 N–H and O–H groups in total. The van der Waals surface area contributed by atoms with Crippen LogP contribution in [0.3, 0.4) is 0 Å². The van der Waals surface area contributed by atoms with Gasteiger partial charge in [0.15, 0.2) is 0 Å². The number of halogens is 1. The molecule has 0 aliphatic rings. The first kappa shape index (κ1) is 22.6. The van der Waals surface area contributed by atoms with Gasteiger partial charge in [-0.25, -0.2) is 13.1 Å². The summed E-state index contributed by atoms with van der Waals surface area (Å²) >= 11 is 0. The van der Waals surface area contributed by atoms with Crippen LogP contribution in [0.1, 0.15) is 31.1 Å². The maximum Gasteiger partial charge on any atom is 0.251 e. The molecule has 0 spiro atoms. The van der Waals surface area contributed by atoms with E-state index in [1.54, 1.807) is 0 Å². The first-order chi connectivity index (χ1) is 10.7. The van der Waals surface area contributed by atoms with Gasteiger partial charge in [-0.3, -0.25) is 4.79 Å². The van der Waals surface area contributed by atoms with Gasteiger partial charge in [0.1, 0.15) is 0 Å². The van der Waals surface area contributed by atoms with Gasteiger partial charge in [-0.1, -0.05) is 19.9 Å². The number of rotatable bonds is 8. The molecule has 0 radical (unpaired) electrons. The summed E-state index contributed by atoms with van der Waals surface area (Å²) in [7, 11) is -3.59. The Morgan fingerprint density at radius 3 is 2.29 bits per heavy atom. The first-order valence-electron chi connectivity index (χ1n) is 7.39. The van der Waals surface area contributed by atoms with E-state index in [0.29, 0.717) is 12.1 Å². The highest BCUT2D eigenvalue weighted by Crippen LogP contribution is 2.17. The van der Waals surface area contributed by atoms with E-state index in [4.69, 9.17) is 5.73 Å². The Morgan fingerprint density at radius 2 is 1.88 bits per heavy atom. The van der Waals surface area contributed by atoms with Crippen LogP contribution in [0.2, 0.25) is 0 Å². The van der Waals surface area contributed by atoms with Crippen molar-refractivity contribution in [3.05, 3.63) is 42.5 Å². The fourth-order valence-electron chi connectivity index (χ4n) is 1.80. The highest BCUT2D eigenvalue weighted by molar-refractivity contribution is 7.89. The summed E-state index contributed by atoms with van der Waals surface area (Å²) in [6, 6.07) is 5.76. The Balaban J connectivity index is 0.00000529. The SMILES string of the molecule is C=CCNS(=O)(=O)c1ccc(C(=O)NC(C)(CN)C(C)C)cc1.Cl. The smallest absolute Gasteiger partial charge is 0.251 e. The van der Waals surface area contributed by atoms with Crippen molar-refractivity contribution in [3.63, 3.8) is 0 Å². The lowest BCUT2D eigenvalue weighted by molar-refractivity contribution is 0.0883. The highest BCUT2D eigenvalue weighted by Gasteiger charge is 2.29. The fraction of sp³-hybridized carbons (Fsp3) is 0.438. The zero-order chi connectivity index (χ0) is 17.7. The van der Waals surface area contributed by atoms with Crippen LogP contribution in [0, 0.1) is 5.92 Å². The molecule has 1 unspecified atom stereocenters. The minimum Gasteiger partial charge on any atom is -0.345 e. The van der Waals surface area contributed by atoms with Crippen LogP contribution in [-0.4, -0.2) is 33.0 Å². The largest absolute Gasteiger partial charge is 0.345 e. The molecule has 136 valence electrons. The maximum absolute atomic E-state index is 12.3. The topological polar surface area (TPSA) is 101 Å². The predicted octanol–water partition coefficient (Wildman–Crippen LogP) is 1.68. The summed E-state index contributed by atoms with van der Waals surface area (Å²) < 4.78 is 26.3. The van der Waals surface area contributed by atoms with Crippen molar-refractivity contribution >= 4 is 28.3 Å². The average molecular weight is 376 g/mol. The number of nitrogens with one attached hydrogen (secondary N) is 2. The molecule has 8 heteroatoms. The van der Waals surface area contributed by atoms with Crippen LogP contribution < -0.4 is 15.8 Å². The normalized spacial score (nSPS) is 13.7. The standard InChI is InChI=1S/C16H25N3O3S.ClH/c1-5-10-18-23(21,22)14-8-6-13(7-9-14)15(20)19-16(4,11-17)12(2)3;/h5-9,12,18H,1,10-11,17H2,2-4H3,(H,19,20);1H. The molecule has 0 saturated heterocycles. The molecule has 1 amide bonds. The van der Waals surface area contributed by atoms with Gasteiger partial charge in [-0.2, -0.15) is 0 Å². The number of carbonyl (C=O) groups is 1. The van der Waals surface area contributed by atoms with Crippen molar-refractivity contribution in [1.82, 2.24) is 10.0 Å². The minimum absolute atomic E-state index is 0. The van der Waals surface area contributed by atoms with Crippen molar-refractivity contribution in [2.75, 3.05) is 13.1 Å². The van der Waals surface area contributed by atoms with E-state index in [9.17, 15) is 13.2 Å². The predicted molar refractivity (Wildman–Crippen MR) is 98.8 cm³/mol. The molecule has 24 heavy (non-hydrogen) atoms. The highest BCUT2D eigenvalue weighted by atomic mass is 35.5. The molecule has 0 fully saturated rings. The number of nitrogens with two attached hydrogens (primary N) is 1. The molecule has 1 rings (SSSR count). The van der Waals surface area contributed by atoms with Gasteiger partial charge in [-0.05, 0) is 37.1 Å². The second-order valence-corrected chi connectivity index (χ2v) is 7.66. The molecular weight excluding hydrogens is 350 g/mol. The number of carbonyl (C=O) groups excluding carboxylic acids is 1. The molecule has 0 aliphatic carbocycles. The lowest BCUT2D eigenvalue weighted by Crippen LogP contribution is -2.55. The van der Waals surface area contributed by atoms with E-state index >= 15 is 0 Å². The van der Waals surface area contributed by atoms with Crippen molar-refractivity contribution in [2.45, 2.75) is 31.2 Å². The average Bonchev–Trinajstić information content (AvgIpc) is 2.52. The number of amides is 1. The van der Waals surface area contributed by atoms with Gasteiger partial charge in [0.25, 0.3) is 5.91 Å². The molecule has 0 aromatic heterocycles. The molecule has 1 atom stereocenters. The van der Waals surface area contributed by atoms with E-state index in [1.165, 1.54) is 30.3 Å². The Kier molecular flexibility index (Phi) is 8.63. The van der Waals surface area contributed by atoms with Crippen molar-refractivity contribution in [2.24, 2.45) is 11.7 Å². The second kappa shape index (κ2) is 9.17. The van der Waals surface area contributed by atoms with E-state index in [1.807, 2.05) is 20.8 Å².